The van der Waals surface area contributed by atoms with Crippen LogP contribution in [0, 0.1) is 29.5 Å². The van der Waals surface area contributed by atoms with E-state index in [-0.39, 0.29) is 53.4 Å². The minimum atomic E-state index is -0.384. The van der Waals surface area contributed by atoms with E-state index in [4.69, 9.17) is 4.74 Å². The maximum atomic E-state index is 13.0. The zero-order chi connectivity index (χ0) is 20.1. The molecule has 2 N–H and O–H groups in total. The van der Waals surface area contributed by atoms with Gasteiger partial charge < -0.3 is 15.4 Å². The molecule has 6 nitrogen and oxygen atoms in total. The van der Waals surface area contributed by atoms with Gasteiger partial charge in [0.2, 0.25) is 5.91 Å². The summed E-state index contributed by atoms with van der Waals surface area (Å²) in [7, 11) is 0. The third-order valence-corrected chi connectivity index (χ3v) is 6.28. The summed E-state index contributed by atoms with van der Waals surface area (Å²) in [4.78, 5) is 37.5. The van der Waals surface area contributed by atoms with Crippen molar-refractivity contribution in [2.24, 2.45) is 23.7 Å². The summed E-state index contributed by atoms with van der Waals surface area (Å²) in [6.45, 7) is 0. The summed E-state index contributed by atoms with van der Waals surface area (Å²) in [6, 6.07) is 12.1. The highest BCUT2D eigenvalue weighted by Gasteiger charge is 2.63. The van der Waals surface area contributed by atoms with Crippen molar-refractivity contribution in [1.29, 1.82) is 0 Å². The van der Waals surface area contributed by atoms with Gasteiger partial charge in [0.25, 0.3) is 5.91 Å². The molecule has 0 unspecified atom stereocenters. The Bertz CT molecular complexity index is 1000. The van der Waals surface area contributed by atoms with Crippen molar-refractivity contribution in [2.45, 2.75) is 18.9 Å². The normalized spacial score (nSPS) is 28.9. The summed E-state index contributed by atoms with van der Waals surface area (Å²) in [5.74, 6) is -1.58. The number of esters is 1. The van der Waals surface area contributed by atoms with Gasteiger partial charge in [-0.15, -0.1) is 0 Å². The van der Waals surface area contributed by atoms with Crippen molar-refractivity contribution < 1.29 is 23.5 Å². The quantitative estimate of drug-likeness (QED) is 0.780. The number of ether oxygens (including phenoxy) is 1. The highest BCUT2D eigenvalue weighted by Crippen LogP contribution is 2.57. The Hall–Kier alpha value is -3.22. The third-order valence-electron chi connectivity index (χ3n) is 6.28. The van der Waals surface area contributed by atoms with Crippen LogP contribution in [0.5, 0.6) is 0 Å². The maximum absolute atomic E-state index is 13.0. The molecule has 2 saturated carbocycles. The van der Waals surface area contributed by atoms with Crippen molar-refractivity contribution >= 4 is 29.2 Å². The number of hydrogen-bond acceptors (Lipinski definition) is 4. The molecular weight excluding hydrogens is 375 g/mol. The Labute approximate surface area is 166 Å². The van der Waals surface area contributed by atoms with Crippen LogP contribution >= 0.6 is 0 Å². The lowest BCUT2D eigenvalue weighted by atomic mass is 9.79. The first kappa shape index (κ1) is 17.8. The number of carbonyl (C=O) groups excluding carboxylic acids is 3. The highest BCUT2D eigenvalue weighted by molar-refractivity contribution is 6.05. The van der Waals surface area contributed by atoms with Gasteiger partial charge in [0.15, 0.2) is 0 Å². The van der Waals surface area contributed by atoms with E-state index >= 15 is 0 Å². The molecule has 3 fully saturated rings. The highest BCUT2D eigenvalue weighted by atomic mass is 19.1. The van der Waals surface area contributed by atoms with E-state index in [9.17, 15) is 18.8 Å². The SMILES string of the molecule is O=C(Nc1ccc(F)cc1)c1cccc(NC(=O)[C@H]2[C@H]3C[C@@H]4[C@@H]2C(=O)O[C@H]4C3)c1. The second-order valence-electron chi connectivity index (χ2n) is 7.95. The van der Waals surface area contributed by atoms with Crippen molar-refractivity contribution in [1.82, 2.24) is 0 Å². The topological polar surface area (TPSA) is 84.5 Å². The molecule has 5 rings (SSSR count). The van der Waals surface area contributed by atoms with Crippen LogP contribution in [0.1, 0.15) is 23.2 Å². The average Bonchev–Trinajstić information content (AvgIpc) is 3.32. The van der Waals surface area contributed by atoms with E-state index in [1.807, 2.05) is 0 Å². The van der Waals surface area contributed by atoms with Crippen LogP contribution in [0.3, 0.4) is 0 Å². The van der Waals surface area contributed by atoms with E-state index in [2.05, 4.69) is 10.6 Å². The van der Waals surface area contributed by atoms with Gasteiger partial charge >= 0.3 is 5.97 Å². The zero-order valence-electron chi connectivity index (χ0n) is 15.4. The fourth-order valence-corrected chi connectivity index (χ4v) is 5.06. The monoisotopic (exact) mass is 394 g/mol. The predicted molar refractivity (Wildman–Crippen MR) is 102 cm³/mol. The van der Waals surface area contributed by atoms with Gasteiger partial charge in [0.05, 0.1) is 11.8 Å². The molecule has 148 valence electrons. The van der Waals surface area contributed by atoms with Crippen LogP contribution in [0.25, 0.3) is 0 Å². The van der Waals surface area contributed by atoms with Crippen molar-refractivity contribution in [3.05, 3.63) is 59.9 Å². The summed E-state index contributed by atoms with van der Waals surface area (Å²) < 4.78 is 18.4. The van der Waals surface area contributed by atoms with E-state index in [1.54, 1.807) is 24.3 Å². The van der Waals surface area contributed by atoms with Crippen LogP contribution in [0.15, 0.2) is 48.5 Å². The van der Waals surface area contributed by atoms with Crippen LogP contribution in [-0.2, 0) is 14.3 Å². The van der Waals surface area contributed by atoms with Crippen molar-refractivity contribution in [3.63, 3.8) is 0 Å². The van der Waals surface area contributed by atoms with E-state index < -0.39 is 0 Å². The van der Waals surface area contributed by atoms with E-state index in [0.29, 0.717) is 16.9 Å². The Morgan fingerprint density at radius 2 is 1.79 bits per heavy atom. The lowest BCUT2D eigenvalue weighted by molar-refractivity contribution is -0.145. The third kappa shape index (κ3) is 3.06. The number of benzene rings is 2. The van der Waals surface area contributed by atoms with Crippen molar-refractivity contribution in [3.8, 4) is 0 Å². The summed E-state index contributed by atoms with van der Waals surface area (Å²) >= 11 is 0. The minimum absolute atomic E-state index is 0.0139. The molecule has 29 heavy (non-hydrogen) atoms. The summed E-state index contributed by atoms with van der Waals surface area (Å²) in [5, 5.41) is 5.55. The van der Waals surface area contributed by atoms with Crippen LogP contribution < -0.4 is 10.6 Å². The van der Waals surface area contributed by atoms with Gasteiger partial charge in [-0.05, 0) is 61.2 Å². The Morgan fingerprint density at radius 1 is 1.00 bits per heavy atom. The van der Waals surface area contributed by atoms with Crippen LogP contribution in [0.2, 0.25) is 0 Å². The minimum Gasteiger partial charge on any atom is -0.462 e. The van der Waals surface area contributed by atoms with Crippen molar-refractivity contribution in [2.75, 3.05) is 10.6 Å². The molecule has 1 saturated heterocycles. The van der Waals surface area contributed by atoms with E-state index in [1.165, 1.54) is 24.3 Å². The molecule has 3 aliphatic rings. The number of hydrogen-bond donors (Lipinski definition) is 2. The number of fused-ring (bicyclic) bond motifs is 1. The van der Waals surface area contributed by atoms with Gasteiger partial charge in [-0.2, -0.15) is 0 Å². The Kier molecular flexibility index (Phi) is 4.12. The van der Waals surface area contributed by atoms with Gasteiger partial charge in [0.1, 0.15) is 11.9 Å². The molecular formula is C22H19FN2O4. The average molecular weight is 394 g/mol. The van der Waals surface area contributed by atoms with Crippen LogP contribution in [-0.4, -0.2) is 23.9 Å². The van der Waals surface area contributed by atoms with Gasteiger partial charge in [0, 0.05) is 22.9 Å². The molecule has 7 heteroatoms. The fraction of sp³-hybridized carbons (Fsp3) is 0.318. The summed E-state index contributed by atoms with van der Waals surface area (Å²) in [6.07, 6.45) is 1.60. The molecule has 1 aliphatic heterocycles. The van der Waals surface area contributed by atoms with Gasteiger partial charge in [-0.25, -0.2) is 4.39 Å². The second-order valence-corrected chi connectivity index (χ2v) is 7.95. The van der Waals surface area contributed by atoms with E-state index in [0.717, 1.165) is 12.8 Å². The molecule has 2 bridgehead atoms. The number of carbonyl (C=O) groups is 3. The smallest absolute Gasteiger partial charge is 0.310 e. The number of halogens is 1. The first-order valence-electron chi connectivity index (χ1n) is 9.68. The fourth-order valence-electron chi connectivity index (χ4n) is 5.06. The zero-order valence-corrected chi connectivity index (χ0v) is 15.4. The number of nitrogens with one attached hydrogen (secondary N) is 2. The second kappa shape index (κ2) is 6.69. The standard InChI is InChI=1S/C22H19FN2O4/c23-13-4-6-14(7-5-13)24-20(26)11-2-1-3-15(8-11)25-21(27)18-12-9-16-17(10-12)29-22(28)19(16)18/h1-8,12,16-19H,9-10H2,(H,24,26)(H,25,27)/t12-,16-,17-,18-,19-/m0/s1. The molecule has 0 radical (unpaired) electrons. The number of rotatable bonds is 4. The molecule has 5 atom stereocenters. The molecule has 0 spiro atoms. The van der Waals surface area contributed by atoms with Crippen LogP contribution in [0.4, 0.5) is 15.8 Å². The maximum Gasteiger partial charge on any atom is 0.310 e. The van der Waals surface area contributed by atoms with Gasteiger partial charge in [-0.3, -0.25) is 14.4 Å². The molecule has 1 heterocycles. The number of anilines is 2. The predicted octanol–water partition coefficient (Wildman–Crippen LogP) is 3.21. The molecule has 2 amide bonds. The lowest BCUT2D eigenvalue weighted by Gasteiger charge is -2.23. The molecule has 2 aliphatic carbocycles. The van der Waals surface area contributed by atoms with Gasteiger partial charge in [-0.1, -0.05) is 6.07 Å². The summed E-state index contributed by atoms with van der Waals surface area (Å²) in [5.41, 5.74) is 1.33. The first-order valence-corrected chi connectivity index (χ1v) is 9.68. The molecule has 2 aromatic rings. The Balaban J connectivity index is 1.29. The molecule has 0 aromatic heterocycles. The first-order chi connectivity index (χ1) is 14.0. The largest absolute Gasteiger partial charge is 0.462 e. The Morgan fingerprint density at radius 3 is 2.59 bits per heavy atom. The number of amides is 2. The lowest BCUT2D eigenvalue weighted by Crippen LogP contribution is -2.35. The molecule has 2 aromatic carbocycles.